The number of nitrogens with zero attached hydrogens (tertiary/aromatic N) is 1. The predicted octanol–water partition coefficient (Wildman–Crippen LogP) is 3.88. The third kappa shape index (κ3) is 3.94. The van der Waals surface area contributed by atoms with Gasteiger partial charge in [-0.05, 0) is 22.0 Å². The van der Waals surface area contributed by atoms with Crippen molar-refractivity contribution < 1.29 is 13.2 Å². The molecule has 1 aromatic heterocycles. The molecule has 0 saturated heterocycles. The van der Waals surface area contributed by atoms with Gasteiger partial charge in [0.25, 0.3) is 0 Å². The second-order valence-electron chi connectivity index (χ2n) is 2.83. The van der Waals surface area contributed by atoms with E-state index < -0.39 is 18.8 Å². The highest BCUT2D eigenvalue weighted by Gasteiger charge is 2.29. The van der Waals surface area contributed by atoms with Crippen molar-refractivity contribution in [2.75, 3.05) is 6.54 Å². The number of rotatable bonds is 3. The minimum absolute atomic E-state index is 0.407. The van der Waals surface area contributed by atoms with Gasteiger partial charge in [0.15, 0.2) is 0 Å². The van der Waals surface area contributed by atoms with Gasteiger partial charge in [-0.25, -0.2) is 0 Å². The topological polar surface area (TPSA) is 35.8 Å². The molecule has 0 amide bonds. The molecule has 2 nitrogen and oxygen atoms in total. The maximum absolute atomic E-state index is 11.9. The molecule has 8 heteroatoms. The summed E-state index contributed by atoms with van der Waals surface area (Å²) < 4.78 is 36.8. The van der Waals surface area contributed by atoms with E-state index in [1.165, 1.54) is 6.07 Å². The zero-order valence-electron chi connectivity index (χ0n) is 7.61. The minimum Gasteiger partial charge on any atom is -0.289 e. The van der Waals surface area contributed by atoms with Crippen molar-refractivity contribution in [3.63, 3.8) is 0 Å². The lowest BCUT2D eigenvalue weighted by Crippen LogP contribution is -2.31. The summed E-state index contributed by atoms with van der Waals surface area (Å²) in [4.78, 5) is 0.448. The van der Waals surface area contributed by atoms with E-state index in [1.807, 2.05) is 0 Å². The summed E-state index contributed by atoms with van der Waals surface area (Å²) >= 11 is 9.92. The Morgan fingerprint density at radius 3 is 2.62 bits per heavy atom. The van der Waals surface area contributed by atoms with Gasteiger partial charge in [-0.2, -0.15) is 18.4 Å². The van der Waals surface area contributed by atoms with Crippen LogP contribution in [0.4, 0.5) is 13.2 Å². The minimum atomic E-state index is -4.34. The van der Waals surface area contributed by atoms with Crippen molar-refractivity contribution in [1.29, 1.82) is 5.26 Å². The first-order chi connectivity index (χ1) is 7.33. The van der Waals surface area contributed by atoms with Crippen molar-refractivity contribution >= 4 is 38.9 Å². The second kappa shape index (κ2) is 5.36. The average molecular weight is 334 g/mol. The van der Waals surface area contributed by atoms with Gasteiger partial charge in [0.05, 0.1) is 12.6 Å². The van der Waals surface area contributed by atoms with Crippen LogP contribution >= 0.6 is 38.9 Å². The van der Waals surface area contributed by atoms with E-state index in [2.05, 4.69) is 21.2 Å². The van der Waals surface area contributed by atoms with Crippen LogP contribution < -0.4 is 5.32 Å². The summed E-state index contributed by atoms with van der Waals surface area (Å²) in [7, 11) is 0. The second-order valence-corrected chi connectivity index (χ2v) is 5.37. The highest BCUT2D eigenvalue weighted by atomic mass is 79.9. The molecule has 88 valence electrons. The Labute approximate surface area is 107 Å². The number of hydrogen-bond acceptors (Lipinski definition) is 3. The molecule has 0 saturated carbocycles. The Hall–Kier alpha value is -0.290. The Morgan fingerprint density at radius 2 is 2.25 bits per heavy atom. The lowest BCUT2D eigenvalue weighted by Gasteiger charge is -2.11. The molecule has 1 atom stereocenters. The van der Waals surface area contributed by atoms with E-state index in [1.54, 1.807) is 6.07 Å². The molecule has 1 unspecified atom stereocenters. The van der Waals surface area contributed by atoms with E-state index in [-0.39, 0.29) is 0 Å². The number of alkyl halides is 3. The standard InChI is InChI=1S/C8H5BrClF3N2S/c9-4-1-6(16-7(4)10)5(2-14)15-3-8(11,12)13/h1,5,15H,3H2. The van der Waals surface area contributed by atoms with Crippen LogP contribution in [0.1, 0.15) is 10.9 Å². The van der Waals surface area contributed by atoms with Crippen LogP contribution in [0.25, 0.3) is 0 Å². The summed E-state index contributed by atoms with van der Waals surface area (Å²) in [5.74, 6) is 0. The van der Waals surface area contributed by atoms with E-state index >= 15 is 0 Å². The summed E-state index contributed by atoms with van der Waals surface area (Å²) in [5, 5.41) is 10.9. The van der Waals surface area contributed by atoms with Crippen LogP contribution in [-0.4, -0.2) is 12.7 Å². The Morgan fingerprint density at radius 1 is 1.62 bits per heavy atom. The van der Waals surface area contributed by atoms with Crippen LogP contribution in [0, 0.1) is 11.3 Å². The third-order valence-corrected chi connectivity index (χ3v) is 4.12. The van der Waals surface area contributed by atoms with Crippen molar-refractivity contribution in [1.82, 2.24) is 5.32 Å². The van der Waals surface area contributed by atoms with Gasteiger partial charge in [-0.1, -0.05) is 11.6 Å². The monoisotopic (exact) mass is 332 g/mol. The summed E-state index contributed by atoms with van der Waals surface area (Å²) in [5.41, 5.74) is 0. The maximum atomic E-state index is 11.9. The lowest BCUT2D eigenvalue weighted by atomic mass is 10.2. The first-order valence-electron chi connectivity index (χ1n) is 3.98. The van der Waals surface area contributed by atoms with Crippen LogP contribution in [-0.2, 0) is 0 Å². The molecule has 0 spiro atoms. The molecular formula is C8H5BrClF3N2S. The van der Waals surface area contributed by atoms with E-state index in [0.29, 0.717) is 13.7 Å². The van der Waals surface area contributed by atoms with Gasteiger partial charge in [0.1, 0.15) is 10.4 Å². The van der Waals surface area contributed by atoms with Crippen LogP contribution in [0.3, 0.4) is 0 Å². The fourth-order valence-electron chi connectivity index (χ4n) is 0.933. The van der Waals surface area contributed by atoms with E-state index in [9.17, 15) is 13.2 Å². The van der Waals surface area contributed by atoms with Crippen molar-refractivity contribution in [3.05, 3.63) is 19.8 Å². The molecule has 0 aromatic carbocycles. The molecule has 1 aromatic rings. The van der Waals surface area contributed by atoms with Crippen LogP contribution in [0.2, 0.25) is 4.34 Å². The zero-order valence-corrected chi connectivity index (χ0v) is 10.8. The van der Waals surface area contributed by atoms with Gasteiger partial charge in [0.2, 0.25) is 0 Å². The Kier molecular flexibility index (Phi) is 4.62. The fourth-order valence-corrected chi connectivity index (χ4v) is 2.69. The molecule has 0 fully saturated rings. The zero-order chi connectivity index (χ0) is 12.3. The molecule has 1 N–H and O–H groups in total. The predicted molar refractivity (Wildman–Crippen MR) is 59.4 cm³/mol. The summed E-state index contributed by atoms with van der Waals surface area (Å²) in [6, 6.07) is 2.28. The van der Waals surface area contributed by atoms with Crippen LogP contribution in [0.5, 0.6) is 0 Å². The molecule has 1 rings (SSSR count). The number of nitriles is 1. The normalized spacial score (nSPS) is 13.5. The molecule has 16 heavy (non-hydrogen) atoms. The van der Waals surface area contributed by atoms with Crippen LogP contribution in [0.15, 0.2) is 10.5 Å². The summed E-state index contributed by atoms with van der Waals surface area (Å²) in [6.07, 6.45) is -4.34. The Balaban J connectivity index is 2.73. The first kappa shape index (κ1) is 13.8. The number of halogens is 5. The van der Waals surface area contributed by atoms with Gasteiger partial charge in [-0.3, -0.25) is 5.32 Å². The summed E-state index contributed by atoms with van der Waals surface area (Å²) in [6.45, 7) is -1.21. The number of hydrogen-bond donors (Lipinski definition) is 1. The van der Waals surface area contributed by atoms with Gasteiger partial charge in [-0.15, -0.1) is 11.3 Å². The first-order valence-corrected chi connectivity index (χ1v) is 5.96. The maximum Gasteiger partial charge on any atom is 0.401 e. The van der Waals surface area contributed by atoms with E-state index in [4.69, 9.17) is 16.9 Å². The molecule has 0 aliphatic rings. The largest absolute Gasteiger partial charge is 0.401 e. The quantitative estimate of drug-likeness (QED) is 0.911. The smallest absolute Gasteiger partial charge is 0.289 e. The van der Waals surface area contributed by atoms with Crippen molar-refractivity contribution in [2.45, 2.75) is 12.2 Å². The highest BCUT2D eigenvalue weighted by Crippen LogP contribution is 2.35. The molecule has 0 aliphatic carbocycles. The van der Waals surface area contributed by atoms with Gasteiger partial charge >= 0.3 is 6.18 Å². The Bertz CT molecular complexity index is 393. The SMILES string of the molecule is N#CC(NCC(F)(F)F)c1cc(Br)c(Cl)s1. The van der Waals surface area contributed by atoms with Crippen molar-refractivity contribution in [3.8, 4) is 6.07 Å². The molecule has 1 heterocycles. The molecule has 0 bridgehead atoms. The highest BCUT2D eigenvalue weighted by molar-refractivity contribution is 9.10. The number of thiophene rings is 1. The third-order valence-electron chi connectivity index (χ3n) is 1.58. The van der Waals surface area contributed by atoms with E-state index in [0.717, 1.165) is 11.3 Å². The van der Waals surface area contributed by atoms with Crippen molar-refractivity contribution in [2.24, 2.45) is 0 Å². The molecular weight excluding hydrogens is 329 g/mol. The lowest BCUT2D eigenvalue weighted by molar-refractivity contribution is -0.125. The van der Waals surface area contributed by atoms with Gasteiger partial charge < -0.3 is 0 Å². The average Bonchev–Trinajstić information content (AvgIpc) is 2.46. The fraction of sp³-hybridized carbons (Fsp3) is 0.375. The molecule has 0 aliphatic heterocycles. The molecule has 0 radical (unpaired) electrons. The number of nitrogens with one attached hydrogen (secondary N) is 1. The van der Waals surface area contributed by atoms with Gasteiger partial charge in [0, 0.05) is 9.35 Å².